The van der Waals surface area contributed by atoms with Crippen molar-refractivity contribution in [1.82, 2.24) is 5.32 Å². The number of carbonyl (C=O) groups excluding carboxylic acids is 1. The Labute approximate surface area is 46.4 Å². The molecule has 1 radical (unpaired) electrons. The van der Waals surface area contributed by atoms with Crippen molar-refractivity contribution in [3.63, 3.8) is 0 Å². The number of rotatable bonds is 1. The van der Waals surface area contributed by atoms with E-state index in [9.17, 15) is 4.79 Å². The van der Waals surface area contributed by atoms with E-state index in [0.717, 1.165) is 0 Å². The molecule has 0 spiro atoms. The van der Waals surface area contributed by atoms with E-state index in [1.54, 1.807) is 0 Å². The molecule has 0 aromatic carbocycles. The molecule has 0 bridgehead atoms. The molecule has 1 fully saturated rings. The number of amides is 1. The minimum Gasteiger partial charge on any atom is -0.440 e. The summed E-state index contributed by atoms with van der Waals surface area (Å²) in [5.74, 6) is 0. The first-order chi connectivity index (χ1) is 3.83. The predicted molar refractivity (Wildman–Crippen MR) is 24.4 cm³/mol. The van der Waals surface area contributed by atoms with Crippen LogP contribution in [0.25, 0.3) is 0 Å². The van der Waals surface area contributed by atoms with Crippen molar-refractivity contribution in [3.05, 3.63) is 0 Å². The molecule has 1 heterocycles. The maximum Gasteiger partial charge on any atom is 0.429 e. The SMILES string of the molecule is O=C1[N]C[C@H](CO)O1. The average molecular weight is 116 g/mol. The fraction of sp³-hybridized carbons (Fsp3) is 0.750. The quantitative estimate of drug-likeness (QED) is 0.483. The minimum absolute atomic E-state index is 0.130. The van der Waals surface area contributed by atoms with Crippen LogP contribution in [0.5, 0.6) is 0 Å². The highest BCUT2D eigenvalue weighted by atomic mass is 16.6. The summed E-state index contributed by atoms with van der Waals surface area (Å²) in [4.78, 5) is 10.1. The molecule has 4 heteroatoms. The molecule has 1 N–H and O–H groups in total. The van der Waals surface area contributed by atoms with Gasteiger partial charge in [0.15, 0.2) is 0 Å². The molecule has 4 nitrogen and oxygen atoms in total. The van der Waals surface area contributed by atoms with E-state index in [0.29, 0.717) is 6.54 Å². The predicted octanol–water partition coefficient (Wildman–Crippen LogP) is -0.898. The van der Waals surface area contributed by atoms with Crippen LogP contribution in [0.4, 0.5) is 4.79 Å². The van der Waals surface area contributed by atoms with E-state index in [1.807, 2.05) is 0 Å². The van der Waals surface area contributed by atoms with Crippen LogP contribution in [0.1, 0.15) is 0 Å². The number of aliphatic hydroxyl groups excluding tert-OH is 1. The van der Waals surface area contributed by atoms with Gasteiger partial charge in [-0.25, -0.2) is 10.1 Å². The molecule has 0 unspecified atom stereocenters. The number of carbonyl (C=O) groups is 1. The summed E-state index contributed by atoms with van der Waals surface area (Å²) in [5, 5.41) is 11.7. The van der Waals surface area contributed by atoms with Gasteiger partial charge in [-0.1, -0.05) is 0 Å². The van der Waals surface area contributed by atoms with Gasteiger partial charge in [0, 0.05) is 0 Å². The van der Waals surface area contributed by atoms with Crippen molar-refractivity contribution in [2.24, 2.45) is 0 Å². The molecule has 1 rings (SSSR count). The number of aliphatic hydroxyl groups is 1. The first-order valence-electron chi connectivity index (χ1n) is 2.32. The Kier molecular flexibility index (Phi) is 1.34. The monoisotopic (exact) mass is 116 g/mol. The smallest absolute Gasteiger partial charge is 0.429 e. The lowest BCUT2D eigenvalue weighted by atomic mass is 10.4. The molecular weight excluding hydrogens is 110 g/mol. The van der Waals surface area contributed by atoms with E-state index >= 15 is 0 Å². The molecule has 45 valence electrons. The second-order valence-corrected chi connectivity index (χ2v) is 1.53. The van der Waals surface area contributed by atoms with E-state index in [4.69, 9.17) is 5.11 Å². The summed E-state index contributed by atoms with van der Waals surface area (Å²) < 4.78 is 4.45. The largest absolute Gasteiger partial charge is 0.440 e. The number of ether oxygens (including phenoxy) is 1. The van der Waals surface area contributed by atoms with Crippen molar-refractivity contribution in [2.75, 3.05) is 13.2 Å². The second-order valence-electron chi connectivity index (χ2n) is 1.53. The van der Waals surface area contributed by atoms with Crippen LogP contribution in [0.15, 0.2) is 0 Å². The number of nitrogens with zero attached hydrogens (tertiary/aromatic N) is 1. The maximum atomic E-state index is 10.1. The Hall–Kier alpha value is -0.770. The second kappa shape index (κ2) is 2.00. The molecule has 0 aliphatic carbocycles. The zero-order chi connectivity index (χ0) is 5.98. The molecule has 0 aromatic heterocycles. The summed E-state index contributed by atoms with van der Waals surface area (Å²) >= 11 is 0. The minimum atomic E-state index is -0.566. The zero-order valence-electron chi connectivity index (χ0n) is 4.20. The van der Waals surface area contributed by atoms with E-state index < -0.39 is 6.09 Å². The summed E-state index contributed by atoms with van der Waals surface area (Å²) in [7, 11) is 0. The molecule has 1 saturated heterocycles. The van der Waals surface area contributed by atoms with Gasteiger partial charge in [-0.2, -0.15) is 0 Å². The van der Waals surface area contributed by atoms with Crippen LogP contribution in [-0.4, -0.2) is 30.5 Å². The van der Waals surface area contributed by atoms with Crippen LogP contribution in [0.2, 0.25) is 0 Å². The van der Waals surface area contributed by atoms with Crippen LogP contribution in [0, 0.1) is 0 Å². The average Bonchev–Trinajstić information content (AvgIpc) is 2.14. The molecular formula is C4H6NO3. The lowest BCUT2D eigenvalue weighted by molar-refractivity contribution is 0.0961. The Balaban J connectivity index is 2.32. The van der Waals surface area contributed by atoms with E-state index in [1.165, 1.54) is 0 Å². The van der Waals surface area contributed by atoms with E-state index in [2.05, 4.69) is 10.1 Å². The summed E-state index contributed by atoms with van der Waals surface area (Å²) in [6, 6.07) is 0. The first kappa shape index (κ1) is 5.37. The molecule has 1 atom stereocenters. The van der Waals surface area contributed by atoms with Crippen LogP contribution in [0.3, 0.4) is 0 Å². The Morgan fingerprint density at radius 1 is 2.00 bits per heavy atom. The van der Waals surface area contributed by atoms with Gasteiger partial charge in [-0.05, 0) is 0 Å². The van der Waals surface area contributed by atoms with Gasteiger partial charge in [0.2, 0.25) is 0 Å². The molecule has 1 aliphatic rings. The van der Waals surface area contributed by atoms with Gasteiger partial charge in [0.05, 0.1) is 13.2 Å². The van der Waals surface area contributed by atoms with Crippen molar-refractivity contribution in [1.29, 1.82) is 0 Å². The van der Waals surface area contributed by atoms with Crippen molar-refractivity contribution < 1.29 is 14.6 Å². The third kappa shape index (κ3) is 0.894. The normalized spacial score (nSPS) is 27.1. The highest BCUT2D eigenvalue weighted by molar-refractivity contribution is 5.68. The van der Waals surface area contributed by atoms with Gasteiger partial charge in [-0.15, -0.1) is 0 Å². The topological polar surface area (TPSA) is 60.6 Å². The third-order valence-corrected chi connectivity index (χ3v) is 0.895. The molecule has 8 heavy (non-hydrogen) atoms. The molecule has 0 aromatic rings. The Bertz CT molecular complexity index is 103. The number of hydrogen-bond acceptors (Lipinski definition) is 3. The highest BCUT2D eigenvalue weighted by Gasteiger charge is 2.22. The summed E-state index contributed by atoms with van der Waals surface area (Å²) in [6.07, 6.45) is -0.952. The first-order valence-corrected chi connectivity index (χ1v) is 2.32. The van der Waals surface area contributed by atoms with Crippen LogP contribution >= 0.6 is 0 Å². The van der Waals surface area contributed by atoms with Gasteiger partial charge >= 0.3 is 6.09 Å². The van der Waals surface area contributed by atoms with Gasteiger partial charge in [-0.3, -0.25) is 0 Å². The van der Waals surface area contributed by atoms with Gasteiger partial charge in [0.25, 0.3) is 0 Å². The summed E-state index contributed by atoms with van der Waals surface area (Å²) in [5.41, 5.74) is 0. The highest BCUT2D eigenvalue weighted by Crippen LogP contribution is 1.98. The fourth-order valence-electron chi connectivity index (χ4n) is 0.488. The van der Waals surface area contributed by atoms with E-state index in [-0.39, 0.29) is 12.7 Å². The van der Waals surface area contributed by atoms with Crippen molar-refractivity contribution >= 4 is 6.09 Å². The fourth-order valence-corrected chi connectivity index (χ4v) is 0.488. The Morgan fingerprint density at radius 3 is 3.00 bits per heavy atom. The third-order valence-electron chi connectivity index (χ3n) is 0.895. The van der Waals surface area contributed by atoms with Gasteiger partial charge < -0.3 is 9.84 Å². The van der Waals surface area contributed by atoms with Gasteiger partial charge in [0.1, 0.15) is 6.10 Å². The van der Waals surface area contributed by atoms with Crippen molar-refractivity contribution in [2.45, 2.75) is 6.10 Å². The number of hydrogen-bond donors (Lipinski definition) is 1. The Morgan fingerprint density at radius 2 is 2.75 bits per heavy atom. The van der Waals surface area contributed by atoms with Crippen LogP contribution in [-0.2, 0) is 4.74 Å². The number of cyclic esters (lactones) is 1. The lowest BCUT2D eigenvalue weighted by Gasteiger charge is -1.98. The zero-order valence-corrected chi connectivity index (χ0v) is 4.20. The molecule has 1 amide bonds. The standard InChI is InChI=1S/C4H6NO3/c6-2-3-1-5-4(7)8-3/h3,6H,1-2H2/t3-/m1/s1. The maximum absolute atomic E-state index is 10.1. The summed E-state index contributed by atoms with van der Waals surface area (Å²) in [6.45, 7) is 0.171. The lowest BCUT2D eigenvalue weighted by Crippen LogP contribution is -2.15. The molecule has 0 saturated carbocycles. The molecule has 1 aliphatic heterocycles. The van der Waals surface area contributed by atoms with Crippen LogP contribution < -0.4 is 5.32 Å². The van der Waals surface area contributed by atoms with Crippen molar-refractivity contribution in [3.8, 4) is 0 Å².